The van der Waals surface area contributed by atoms with Crippen LogP contribution in [-0.4, -0.2) is 24.5 Å². The smallest absolute Gasteiger partial charge is 0.0196 e. The van der Waals surface area contributed by atoms with Gasteiger partial charge in [0.2, 0.25) is 0 Å². The fourth-order valence-corrected chi connectivity index (χ4v) is 3.81. The molecule has 162 valence electrons. The summed E-state index contributed by atoms with van der Waals surface area (Å²) in [5.41, 5.74) is 5.99. The fraction of sp³-hybridized carbons (Fsp3) is 0.704. The quantitative estimate of drug-likeness (QED) is 0.397. The molecular weight excluding hydrogens is 338 g/mol. The van der Waals surface area contributed by atoms with Crippen LogP contribution < -0.4 is 0 Å². The van der Waals surface area contributed by atoms with Crippen LogP contribution in [0.25, 0.3) is 0 Å². The lowest BCUT2D eigenvalue weighted by Crippen LogP contribution is -2.29. The van der Waals surface area contributed by atoms with Crippen LogP contribution in [0.4, 0.5) is 0 Å². The fourth-order valence-electron chi connectivity index (χ4n) is 3.81. The van der Waals surface area contributed by atoms with Gasteiger partial charge in [-0.15, -0.1) is 0 Å². The molecule has 0 saturated heterocycles. The molecule has 0 heterocycles. The van der Waals surface area contributed by atoms with Crippen LogP contribution in [0.5, 0.6) is 0 Å². The first kappa shape index (κ1) is 26.9. The van der Waals surface area contributed by atoms with Crippen molar-refractivity contribution in [3.63, 3.8) is 0 Å². The Labute approximate surface area is 177 Å². The molecule has 0 spiro atoms. The largest absolute Gasteiger partial charge is 0.296 e. The molecule has 2 aliphatic rings. The van der Waals surface area contributed by atoms with Crippen molar-refractivity contribution in [2.24, 2.45) is 11.8 Å². The monoisotopic (exact) mass is 387 g/mol. The molecule has 0 saturated carbocycles. The molecule has 0 aromatic rings. The predicted octanol–water partition coefficient (Wildman–Crippen LogP) is 8.36. The summed E-state index contributed by atoms with van der Waals surface area (Å²) in [6, 6.07) is 0. The van der Waals surface area contributed by atoms with Gasteiger partial charge in [0.05, 0.1) is 0 Å². The van der Waals surface area contributed by atoms with Gasteiger partial charge < -0.3 is 0 Å². The highest BCUT2D eigenvalue weighted by molar-refractivity contribution is 5.16. The van der Waals surface area contributed by atoms with E-state index in [9.17, 15) is 0 Å². The summed E-state index contributed by atoms with van der Waals surface area (Å²) in [5, 5.41) is 0. The van der Waals surface area contributed by atoms with Crippen LogP contribution in [0.15, 0.2) is 47.6 Å². The number of hydrogen-bond acceptors (Lipinski definition) is 1. The third-order valence-electron chi connectivity index (χ3n) is 5.70. The summed E-state index contributed by atoms with van der Waals surface area (Å²) in [7, 11) is 0. The van der Waals surface area contributed by atoms with Crippen LogP contribution in [0.3, 0.4) is 0 Å². The number of allylic oxidation sites excluding steroid dienone is 4. The van der Waals surface area contributed by atoms with Crippen LogP contribution >= 0.6 is 0 Å². The van der Waals surface area contributed by atoms with E-state index in [1.54, 1.807) is 11.1 Å². The van der Waals surface area contributed by atoms with Gasteiger partial charge in [0.25, 0.3) is 0 Å². The van der Waals surface area contributed by atoms with Gasteiger partial charge in [-0.05, 0) is 70.8 Å². The summed E-state index contributed by atoms with van der Waals surface area (Å²) in [4.78, 5) is 2.61. The lowest BCUT2D eigenvalue weighted by Gasteiger charge is -2.29. The van der Waals surface area contributed by atoms with E-state index in [-0.39, 0.29) is 0 Å². The van der Waals surface area contributed by atoms with E-state index in [1.165, 1.54) is 56.1 Å². The van der Waals surface area contributed by atoms with E-state index in [2.05, 4.69) is 64.8 Å². The number of likely N-dealkylation sites (N-methyl/N-ethyl adjacent to an activating group) is 1. The van der Waals surface area contributed by atoms with Crippen LogP contribution in [0.2, 0.25) is 0 Å². The Hall–Kier alpha value is -1.08. The van der Waals surface area contributed by atoms with E-state index in [1.807, 2.05) is 13.8 Å². The van der Waals surface area contributed by atoms with Crippen molar-refractivity contribution in [2.45, 2.75) is 93.4 Å². The number of nitrogens with zero attached hydrogens (tertiary/aromatic N) is 1. The summed E-state index contributed by atoms with van der Waals surface area (Å²) in [5.74, 6) is 1.43. The molecule has 0 amide bonds. The minimum absolute atomic E-state index is 0.717. The lowest BCUT2D eigenvalue weighted by atomic mass is 9.84. The highest BCUT2D eigenvalue weighted by Gasteiger charge is 2.19. The van der Waals surface area contributed by atoms with Crippen molar-refractivity contribution < 1.29 is 0 Å². The van der Waals surface area contributed by atoms with Gasteiger partial charge in [0, 0.05) is 13.1 Å². The van der Waals surface area contributed by atoms with Gasteiger partial charge in [-0.3, -0.25) is 4.90 Å². The normalized spacial score (nSPS) is 21.4. The number of hydrogen-bond donors (Lipinski definition) is 0. The molecule has 2 atom stereocenters. The van der Waals surface area contributed by atoms with Crippen molar-refractivity contribution >= 4 is 0 Å². The summed E-state index contributed by atoms with van der Waals surface area (Å²) in [6.07, 6.45) is 13.7. The lowest BCUT2D eigenvalue weighted by molar-refractivity contribution is 0.321. The molecule has 1 nitrogen and oxygen atoms in total. The third-order valence-corrected chi connectivity index (χ3v) is 5.70. The van der Waals surface area contributed by atoms with Gasteiger partial charge in [0.15, 0.2) is 0 Å². The molecule has 0 bridgehead atoms. The average Bonchev–Trinajstić information content (AvgIpc) is 2.70. The second-order valence-electron chi connectivity index (χ2n) is 8.37. The zero-order valence-electron chi connectivity index (χ0n) is 20.2. The molecule has 0 N–H and O–H groups in total. The van der Waals surface area contributed by atoms with Crippen molar-refractivity contribution in [1.29, 1.82) is 0 Å². The van der Waals surface area contributed by atoms with Gasteiger partial charge in [-0.25, -0.2) is 0 Å². The molecule has 0 radical (unpaired) electrons. The minimum Gasteiger partial charge on any atom is -0.296 e. The van der Waals surface area contributed by atoms with Crippen molar-refractivity contribution in [3.05, 3.63) is 47.6 Å². The van der Waals surface area contributed by atoms with Crippen molar-refractivity contribution in [1.82, 2.24) is 4.90 Å². The molecule has 0 aromatic carbocycles. The van der Waals surface area contributed by atoms with Crippen molar-refractivity contribution in [3.8, 4) is 0 Å². The topological polar surface area (TPSA) is 3.24 Å². The second-order valence-corrected chi connectivity index (χ2v) is 8.37. The molecule has 0 aliphatic heterocycles. The highest BCUT2D eigenvalue weighted by Crippen LogP contribution is 2.30. The molecule has 0 fully saturated rings. The molecule has 1 heteroatoms. The van der Waals surface area contributed by atoms with Gasteiger partial charge >= 0.3 is 0 Å². The van der Waals surface area contributed by atoms with Gasteiger partial charge in [0.1, 0.15) is 0 Å². The highest BCUT2D eigenvalue weighted by atomic mass is 15.1. The Bertz CT molecular complexity index is 464. The first-order chi connectivity index (χ1) is 13.4. The van der Waals surface area contributed by atoms with Crippen LogP contribution in [-0.2, 0) is 0 Å². The Morgan fingerprint density at radius 2 is 1.21 bits per heavy atom. The molecule has 0 aromatic heterocycles. The molecule has 2 rings (SSSR count). The zero-order chi connectivity index (χ0) is 21.5. The average molecular weight is 388 g/mol. The SMILES string of the molecule is C=C(C)C1CC=C(CN(CC)CC2=CCC(C(=C)C)CC2)CC1.CC.CCC. The van der Waals surface area contributed by atoms with E-state index in [0.717, 1.165) is 19.6 Å². The summed E-state index contributed by atoms with van der Waals surface area (Å²) in [6.45, 7) is 26.6. The van der Waals surface area contributed by atoms with E-state index < -0.39 is 0 Å². The van der Waals surface area contributed by atoms with Crippen LogP contribution in [0.1, 0.15) is 93.4 Å². The Kier molecular flexibility index (Phi) is 15.2. The Morgan fingerprint density at radius 3 is 1.43 bits per heavy atom. The van der Waals surface area contributed by atoms with E-state index in [4.69, 9.17) is 0 Å². The first-order valence-electron chi connectivity index (χ1n) is 11.8. The maximum atomic E-state index is 4.12. The minimum atomic E-state index is 0.717. The summed E-state index contributed by atoms with van der Waals surface area (Å²) < 4.78 is 0. The Balaban J connectivity index is 0.00000133. The number of rotatable bonds is 7. The first-order valence-corrected chi connectivity index (χ1v) is 11.8. The maximum absolute atomic E-state index is 4.12. The van der Waals surface area contributed by atoms with Crippen LogP contribution in [0, 0.1) is 11.8 Å². The third kappa shape index (κ3) is 10.5. The van der Waals surface area contributed by atoms with Gasteiger partial charge in [-0.2, -0.15) is 0 Å². The molecular formula is C27H49N. The predicted molar refractivity (Wildman–Crippen MR) is 130 cm³/mol. The van der Waals surface area contributed by atoms with Gasteiger partial charge in [-0.1, -0.05) is 88.6 Å². The van der Waals surface area contributed by atoms with E-state index >= 15 is 0 Å². The molecule has 2 aliphatic carbocycles. The maximum Gasteiger partial charge on any atom is 0.0196 e. The second kappa shape index (κ2) is 15.8. The molecule has 28 heavy (non-hydrogen) atoms. The standard InChI is InChI=1S/C22H35N.C3H8.C2H6/c1-6-23(15-19-7-11-21(12-8-19)17(2)3)16-20-9-13-22(14-10-20)18(4)5;1-3-2;1-2/h7,9,21-22H,2,4,6,8,10-16H2,1,3,5H3;3H2,1-2H3;1-2H3. The zero-order valence-corrected chi connectivity index (χ0v) is 20.2. The summed E-state index contributed by atoms with van der Waals surface area (Å²) >= 11 is 0. The van der Waals surface area contributed by atoms with Crippen molar-refractivity contribution in [2.75, 3.05) is 19.6 Å². The van der Waals surface area contributed by atoms with E-state index in [0.29, 0.717) is 11.8 Å². The molecule has 2 unspecified atom stereocenters. The Morgan fingerprint density at radius 1 is 0.857 bits per heavy atom.